The topological polar surface area (TPSA) is 91.6 Å². The van der Waals surface area contributed by atoms with Gasteiger partial charge in [-0.15, -0.1) is 0 Å². The highest BCUT2D eigenvalue weighted by atomic mass is 35.5. The number of piperidine rings is 1. The van der Waals surface area contributed by atoms with Crippen molar-refractivity contribution in [3.05, 3.63) is 148 Å². The van der Waals surface area contributed by atoms with Crippen molar-refractivity contribution in [1.82, 2.24) is 9.47 Å². The van der Waals surface area contributed by atoms with Crippen LogP contribution in [-0.2, 0) is 6.54 Å². The maximum absolute atomic E-state index is 13.7. The lowest BCUT2D eigenvalue weighted by Gasteiger charge is -2.32. The number of nitrogens with one attached hydrogen (secondary N) is 1. The van der Waals surface area contributed by atoms with Gasteiger partial charge in [-0.25, -0.2) is 4.79 Å². The van der Waals surface area contributed by atoms with Gasteiger partial charge in [-0.3, -0.25) is 9.59 Å². The van der Waals surface area contributed by atoms with Gasteiger partial charge in [0.15, 0.2) is 0 Å². The molecule has 5 aromatic rings. The first-order valence-corrected chi connectivity index (χ1v) is 15.3. The molecule has 45 heavy (non-hydrogen) atoms. The molecule has 0 saturated carbocycles. The minimum Gasteiger partial charge on any atom is -0.478 e. The molecule has 0 atom stereocenters. The highest BCUT2D eigenvalue weighted by molar-refractivity contribution is 6.34. The van der Waals surface area contributed by atoms with Crippen molar-refractivity contribution in [3.8, 4) is 11.3 Å². The number of rotatable bonds is 8. The van der Waals surface area contributed by atoms with Crippen LogP contribution in [-0.4, -0.2) is 45.4 Å². The molecule has 8 heteroatoms. The van der Waals surface area contributed by atoms with Crippen molar-refractivity contribution in [3.63, 3.8) is 0 Å². The summed E-state index contributed by atoms with van der Waals surface area (Å²) in [4.78, 5) is 40.2. The Morgan fingerprint density at radius 1 is 0.800 bits per heavy atom. The van der Waals surface area contributed by atoms with Crippen LogP contribution in [0.15, 0.2) is 115 Å². The van der Waals surface area contributed by atoms with E-state index in [2.05, 4.69) is 22.0 Å². The van der Waals surface area contributed by atoms with Crippen molar-refractivity contribution in [2.75, 3.05) is 18.4 Å². The quantitative estimate of drug-likeness (QED) is 0.186. The number of carbonyl (C=O) groups excluding carboxylic acids is 2. The predicted molar refractivity (Wildman–Crippen MR) is 176 cm³/mol. The first kappa shape index (κ1) is 29.9. The lowest BCUT2D eigenvalue weighted by Crippen LogP contribution is -2.38. The van der Waals surface area contributed by atoms with Crippen LogP contribution >= 0.6 is 11.6 Å². The first-order chi connectivity index (χ1) is 21.9. The number of carboxylic acid groups (broad SMARTS) is 1. The van der Waals surface area contributed by atoms with Crippen LogP contribution in [0, 0.1) is 0 Å². The van der Waals surface area contributed by atoms with Crippen LogP contribution in [0.25, 0.3) is 11.3 Å². The van der Waals surface area contributed by atoms with Gasteiger partial charge in [-0.1, -0.05) is 84.4 Å². The summed E-state index contributed by atoms with van der Waals surface area (Å²) in [6.45, 7) is 1.71. The fourth-order valence-corrected chi connectivity index (χ4v) is 6.13. The zero-order valence-corrected chi connectivity index (χ0v) is 25.3. The zero-order chi connectivity index (χ0) is 31.3. The number of halogens is 1. The Kier molecular flexibility index (Phi) is 8.80. The lowest BCUT2D eigenvalue weighted by molar-refractivity contribution is 0.0691. The smallest absolute Gasteiger partial charge is 0.335 e. The molecule has 0 radical (unpaired) electrons. The summed E-state index contributed by atoms with van der Waals surface area (Å²) >= 11 is 6.50. The Labute approximate surface area is 266 Å². The van der Waals surface area contributed by atoms with Crippen molar-refractivity contribution < 1.29 is 19.5 Å². The highest BCUT2D eigenvalue weighted by Crippen LogP contribution is 2.31. The molecule has 1 aliphatic rings. The predicted octanol–water partition coefficient (Wildman–Crippen LogP) is 7.83. The third-order valence-electron chi connectivity index (χ3n) is 8.32. The number of hydrogen-bond acceptors (Lipinski definition) is 3. The van der Waals surface area contributed by atoms with Gasteiger partial charge in [0, 0.05) is 31.5 Å². The number of anilines is 1. The van der Waals surface area contributed by atoms with E-state index in [-0.39, 0.29) is 23.3 Å². The van der Waals surface area contributed by atoms with Gasteiger partial charge >= 0.3 is 5.97 Å². The van der Waals surface area contributed by atoms with Gasteiger partial charge in [0.1, 0.15) is 0 Å². The highest BCUT2D eigenvalue weighted by Gasteiger charge is 2.26. The number of benzene rings is 4. The molecule has 1 saturated heterocycles. The van der Waals surface area contributed by atoms with E-state index < -0.39 is 5.97 Å². The molecular weight excluding hydrogens is 586 g/mol. The number of amides is 2. The second-order valence-electron chi connectivity index (χ2n) is 11.2. The summed E-state index contributed by atoms with van der Waals surface area (Å²) in [5.41, 5.74) is 5.53. The van der Waals surface area contributed by atoms with Crippen LogP contribution in [0.1, 0.15) is 61.0 Å². The van der Waals surface area contributed by atoms with Gasteiger partial charge in [-0.05, 0) is 71.8 Å². The Balaban J connectivity index is 1.17. The largest absolute Gasteiger partial charge is 0.478 e. The molecule has 2 N–H and O–H groups in total. The van der Waals surface area contributed by atoms with Crippen LogP contribution in [0.5, 0.6) is 0 Å². The molecular formula is C37H32ClN3O4. The SMILES string of the molecule is O=C(O)c1ccc(C2CCN(C(=O)c3cc(NC(=O)c4ccn(Cc5ccccc5)c4-c4ccccc4)ccc3Cl)CC2)cc1. The summed E-state index contributed by atoms with van der Waals surface area (Å²) in [7, 11) is 0. The monoisotopic (exact) mass is 617 g/mol. The normalized spacial score (nSPS) is 13.4. The van der Waals surface area contributed by atoms with Crippen LogP contribution < -0.4 is 5.32 Å². The summed E-state index contributed by atoms with van der Waals surface area (Å²) in [5.74, 6) is -1.17. The number of aromatic carboxylic acids is 1. The molecule has 1 aromatic heterocycles. The van der Waals surface area contributed by atoms with E-state index in [1.165, 1.54) is 0 Å². The second-order valence-corrected chi connectivity index (χ2v) is 11.6. The Morgan fingerprint density at radius 3 is 2.13 bits per heavy atom. The Hall–Kier alpha value is -5.14. The van der Waals surface area contributed by atoms with Gasteiger partial charge in [0.05, 0.1) is 27.4 Å². The molecule has 0 unspecified atom stereocenters. The van der Waals surface area contributed by atoms with E-state index >= 15 is 0 Å². The van der Waals surface area contributed by atoms with Crippen molar-refractivity contribution >= 4 is 35.1 Å². The Morgan fingerprint density at radius 2 is 1.47 bits per heavy atom. The molecule has 1 aliphatic heterocycles. The number of hydrogen-bond donors (Lipinski definition) is 2. The molecule has 226 valence electrons. The van der Waals surface area contributed by atoms with Gasteiger partial charge in [0.2, 0.25) is 0 Å². The van der Waals surface area contributed by atoms with E-state index in [0.29, 0.717) is 41.5 Å². The number of carboxylic acids is 1. The summed E-state index contributed by atoms with van der Waals surface area (Å²) < 4.78 is 2.07. The fraction of sp³-hybridized carbons (Fsp3) is 0.162. The standard InChI is InChI=1S/C37H32ClN3O4/c38-33-16-15-30(23-32(33)36(43)40-20-17-27(18-21-40)26-11-13-29(14-12-26)37(44)45)39-35(42)31-19-22-41(24-25-7-3-1-4-8-25)34(31)28-9-5-2-6-10-28/h1-16,19,22-23,27H,17-18,20-21,24H2,(H,39,42)(H,44,45). The van der Waals surface area contributed by atoms with Crippen LogP contribution in [0.2, 0.25) is 5.02 Å². The third-order valence-corrected chi connectivity index (χ3v) is 8.65. The number of likely N-dealkylation sites (tertiary alicyclic amines) is 1. The minimum atomic E-state index is -0.949. The van der Waals surface area contributed by atoms with E-state index in [1.807, 2.05) is 72.9 Å². The van der Waals surface area contributed by atoms with E-state index in [0.717, 1.165) is 35.2 Å². The van der Waals surface area contributed by atoms with Crippen LogP contribution in [0.3, 0.4) is 0 Å². The van der Waals surface area contributed by atoms with Crippen molar-refractivity contribution in [1.29, 1.82) is 0 Å². The van der Waals surface area contributed by atoms with Crippen LogP contribution in [0.4, 0.5) is 5.69 Å². The number of nitrogens with zero attached hydrogens (tertiary/aromatic N) is 2. The zero-order valence-electron chi connectivity index (χ0n) is 24.5. The maximum Gasteiger partial charge on any atom is 0.335 e. The minimum absolute atomic E-state index is 0.185. The van der Waals surface area contributed by atoms with E-state index in [1.54, 1.807) is 35.2 Å². The molecule has 0 aliphatic carbocycles. The fourth-order valence-electron chi connectivity index (χ4n) is 5.93. The van der Waals surface area contributed by atoms with Crippen molar-refractivity contribution in [2.24, 2.45) is 0 Å². The van der Waals surface area contributed by atoms with E-state index in [9.17, 15) is 14.4 Å². The average molecular weight is 618 g/mol. The maximum atomic E-state index is 13.7. The summed E-state index contributed by atoms with van der Waals surface area (Å²) in [5, 5.41) is 12.5. The number of aromatic nitrogens is 1. The molecule has 6 rings (SSSR count). The lowest BCUT2D eigenvalue weighted by atomic mass is 9.89. The van der Waals surface area contributed by atoms with Crippen molar-refractivity contribution in [2.45, 2.75) is 25.3 Å². The molecule has 0 bridgehead atoms. The molecule has 1 fully saturated rings. The number of carbonyl (C=O) groups is 3. The molecule has 4 aromatic carbocycles. The van der Waals surface area contributed by atoms with E-state index in [4.69, 9.17) is 16.7 Å². The third kappa shape index (κ3) is 6.69. The average Bonchev–Trinajstić information content (AvgIpc) is 3.50. The van der Waals surface area contributed by atoms with Gasteiger partial charge < -0.3 is 19.9 Å². The second kappa shape index (κ2) is 13.2. The van der Waals surface area contributed by atoms with Gasteiger partial charge in [-0.2, -0.15) is 0 Å². The molecule has 0 spiro atoms. The summed E-state index contributed by atoms with van der Waals surface area (Å²) in [6, 6.07) is 33.7. The molecule has 2 amide bonds. The van der Waals surface area contributed by atoms with Gasteiger partial charge in [0.25, 0.3) is 11.8 Å². The Bertz CT molecular complexity index is 1830. The molecule has 7 nitrogen and oxygen atoms in total. The summed E-state index contributed by atoms with van der Waals surface area (Å²) in [6.07, 6.45) is 3.44. The molecule has 2 heterocycles. The first-order valence-electron chi connectivity index (χ1n) is 14.9.